The van der Waals surface area contributed by atoms with Crippen molar-refractivity contribution < 1.29 is 4.74 Å². The average Bonchev–Trinajstić information content (AvgIpc) is 2.49. The highest BCUT2D eigenvalue weighted by Gasteiger charge is 2.20. The number of pyridine rings is 1. The number of nitrogens with zero attached hydrogens (tertiary/aromatic N) is 1. The molecule has 2 atom stereocenters. The van der Waals surface area contributed by atoms with Crippen LogP contribution >= 0.6 is 15.9 Å². The van der Waals surface area contributed by atoms with Gasteiger partial charge in [0.25, 0.3) is 0 Å². The van der Waals surface area contributed by atoms with Crippen LogP contribution in [-0.2, 0) is 4.74 Å². The predicted molar refractivity (Wildman–Crippen MR) is 86.1 cm³/mol. The van der Waals surface area contributed by atoms with Crippen molar-refractivity contribution in [3.05, 3.63) is 34.8 Å². The highest BCUT2D eigenvalue weighted by atomic mass is 79.9. The topological polar surface area (TPSA) is 34.2 Å². The molecule has 0 radical (unpaired) electrons. The van der Waals surface area contributed by atoms with Gasteiger partial charge in [0.05, 0.1) is 12.1 Å². The van der Waals surface area contributed by atoms with Crippen molar-refractivity contribution in [2.24, 2.45) is 5.92 Å². The first-order valence-corrected chi connectivity index (χ1v) is 7.93. The molecule has 3 rings (SSSR count). The van der Waals surface area contributed by atoms with Gasteiger partial charge in [-0.05, 0) is 53.9 Å². The van der Waals surface area contributed by atoms with E-state index in [0.29, 0.717) is 12.0 Å². The van der Waals surface area contributed by atoms with Gasteiger partial charge in [0.15, 0.2) is 0 Å². The van der Waals surface area contributed by atoms with Crippen molar-refractivity contribution >= 4 is 32.7 Å². The van der Waals surface area contributed by atoms with Crippen LogP contribution in [0.2, 0.25) is 0 Å². The Labute approximate surface area is 127 Å². The molecule has 0 bridgehead atoms. The minimum Gasteiger partial charge on any atom is -0.381 e. The SMILES string of the molecule is C[C@@H](Nc1ccc2cccc(Br)c2n1)[C@H]1CCCOC1. The van der Waals surface area contributed by atoms with Crippen LogP contribution in [0, 0.1) is 5.92 Å². The number of halogens is 1. The number of nitrogens with one attached hydrogen (secondary N) is 1. The molecule has 2 heterocycles. The number of fused-ring (bicyclic) bond motifs is 1. The number of benzene rings is 1. The summed E-state index contributed by atoms with van der Waals surface area (Å²) in [7, 11) is 0. The predicted octanol–water partition coefficient (Wildman–Crippen LogP) is 4.22. The Morgan fingerprint density at radius 2 is 2.25 bits per heavy atom. The molecule has 0 unspecified atom stereocenters. The zero-order valence-corrected chi connectivity index (χ0v) is 13.2. The number of para-hydroxylation sites is 1. The minimum atomic E-state index is 0.378. The molecule has 0 aliphatic carbocycles. The second-order valence-electron chi connectivity index (χ2n) is 5.42. The van der Waals surface area contributed by atoms with Gasteiger partial charge in [0, 0.05) is 28.4 Å². The molecular weight excluding hydrogens is 316 g/mol. The molecule has 1 saturated heterocycles. The first-order chi connectivity index (χ1) is 9.74. The van der Waals surface area contributed by atoms with E-state index in [2.05, 4.69) is 46.4 Å². The van der Waals surface area contributed by atoms with Crippen molar-refractivity contribution in [1.82, 2.24) is 4.98 Å². The Hall–Kier alpha value is -1.13. The minimum absolute atomic E-state index is 0.378. The molecule has 0 amide bonds. The first kappa shape index (κ1) is 13.8. The normalized spacial score (nSPS) is 20.8. The van der Waals surface area contributed by atoms with Gasteiger partial charge in [-0.15, -0.1) is 0 Å². The second-order valence-corrected chi connectivity index (χ2v) is 6.27. The van der Waals surface area contributed by atoms with E-state index in [1.54, 1.807) is 0 Å². The molecule has 4 heteroatoms. The van der Waals surface area contributed by atoms with Crippen molar-refractivity contribution in [1.29, 1.82) is 0 Å². The first-order valence-electron chi connectivity index (χ1n) is 7.13. The van der Waals surface area contributed by atoms with Crippen LogP contribution in [0.5, 0.6) is 0 Å². The van der Waals surface area contributed by atoms with Gasteiger partial charge in [0.1, 0.15) is 5.82 Å². The fourth-order valence-electron chi connectivity index (χ4n) is 2.70. The van der Waals surface area contributed by atoms with Crippen molar-refractivity contribution in [3.8, 4) is 0 Å². The van der Waals surface area contributed by atoms with Crippen molar-refractivity contribution in [2.45, 2.75) is 25.8 Å². The zero-order chi connectivity index (χ0) is 13.9. The van der Waals surface area contributed by atoms with E-state index in [-0.39, 0.29) is 0 Å². The smallest absolute Gasteiger partial charge is 0.126 e. The third-order valence-corrected chi connectivity index (χ3v) is 4.59. The molecule has 1 fully saturated rings. The van der Waals surface area contributed by atoms with Crippen molar-refractivity contribution in [3.63, 3.8) is 0 Å². The lowest BCUT2D eigenvalue weighted by atomic mass is 9.95. The molecule has 2 aromatic rings. The summed E-state index contributed by atoms with van der Waals surface area (Å²) in [5.41, 5.74) is 1.00. The fourth-order valence-corrected chi connectivity index (χ4v) is 3.17. The third kappa shape index (κ3) is 2.96. The number of aromatic nitrogens is 1. The van der Waals surface area contributed by atoms with Crippen LogP contribution < -0.4 is 5.32 Å². The van der Waals surface area contributed by atoms with Crippen LogP contribution in [-0.4, -0.2) is 24.2 Å². The number of rotatable bonds is 3. The fraction of sp³-hybridized carbons (Fsp3) is 0.438. The maximum atomic E-state index is 5.56. The molecule has 3 nitrogen and oxygen atoms in total. The summed E-state index contributed by atoms with van der Waals surface area (Å²) in [5.74, 6) is 1.50. The van der Waals surface area contributed by atoms with Gasteiger partial charge in [-0.1, -0.05) is 12.1 Å². The molecule has 0 saturated carbocycles. The van der Waals surface area contributed by atoms with E-state index in [1.807, 2.05) is 12.1 Å². The van der Waals surface area contributed by atoms with Gasteiger partial charge in [0.2, 0.25) is 0 Å². The second kappa shape index (κ2) is 6.10. The Kier molecular flexibility index (Phi) is 4.22. The van der Waals surface area contributed by atoms with E-state index < -0.39 is 0 Å². The quantitative estimate of drug-likeness (QED) is 0.912. The summed E-state index contributed by atoms with van der Waals surface area (Å²) >= 11 is 3.56. The third-order valence-electron chi connectivity index (χ3n) is 3.95. The van der Waals surface area contributed by atoms with E-state index in [4.69, 9.17) is 9.72 Å². The number of anilines is 1. The summed E-state index contributed by atoms with van der Waals surface area (Å²) in [6.07, 6.45) is 2.39. The van der Waals surface area contributed by atoms with Gasteiger partial charge in [-0.3, -0.25) is 0 Å². The van der Waals surface area contributed by atoms with E-state index >= 15 is 0 Å². The average molecular weight is 335 g/mol. The molecule has 1 aromatic carbocycles. The van der Waals surface area contributed by atoms with Crippen LogP contribution in [0.25, 0.3) is 10.9 Å². The van der Waals surface area contributed by atoms with Gasteiger partial charge < -0.3 is 10.1 Å². The standard InChI is InChI=1S/C16H19BrN2O/c1-11(13-5-3-9-20-10-13)18-15-8-7-12-4-2-6-14(17)16(12)19-15/h2,4,6-8,11,13H,3,5,9-10H2,1H3,(H,18,19)/t11-,13+/m1/s1. The van der Waals surface area contributed by atoms with Crippen molar-refractivity contribution in [2.75, 3.05) is 18.5 Å². The van der Waals surface area contributed by atoms with Gasteiger partial charge in [-0.25, -0.2) is 4.98 Å². The van der Waals surface area contributed by atoms with Gasteiger partial charge >= 0.3 is 0 Å². The lowest BCUT2D eigenvalue weighted by Crippen LogP contribution is -2.32. The van der Waals surface area contributed by atoms with Crippen LogP contribution in [0.3, 0.4) is 0 Å². The van der Waals surface area contributed by atoms with Crippen LogP contribution in [0.1, 0.15) is 19.8 Å². The number of ether oxygens (including phenoxy) is 1. The summed E-state index contributed by atoms with van der Waals surface area (Å²) in [4.78, 5) is 4.71. The summed E-state index contributed by atoms with van der Waals surface area (Å²) in [6, 6.07) is 10.7. The van der Waals surface area contributed by atoms with Crippen LogP contribution in [0.4, 0.5) is 5.82 Å². The Bertz CT molecular complexity index is 596. The van der Waals surface area contributed by atoms with E-state index in [0.717, 1.165) is 40.8 Å². The Morgan fingerprint density at radius 3 is 3.05 bits per heavy atom. The molecule has 20 heavy (non-hydrogen) atoms. The maximum absolute atomic E-state index is 5.56. The zero-order valence-electron chi connectivity index (χ0n) is 11.6. The lowest BCUT2D eigenvalue weighted by molar-refractivity contribution is 0.0496. The summed E-state index contributed by atoms with van der Waals surface area (Å²) in [6.45, 7) is 3.97. The van der Waals surface area contributed by atoms with E-state index in [1.165, 1.54) is 6.42 Å². The molecule has 1 aromatic heterocycles. The molecule has 1 N–H and O–H groups in total. The molecule has 0 spiro atoms. The summed E-state index contributed by atoms with van der Waals surface area (Å²) in [5, 5.41) is 4.67. The summed E-state index contributed by atoms with van der Waals surface area (Å²) < 4.78 is 6.60. The maximum Gasteiger partial charge on any atom is 0.126 e. The monoisotopic (exact) mass is 334 g/mol. The largest absolute Gasteiger partial charge is 0.381 e. The van der Waals surface area contributed by atoms with E-state index in [9.17, 15) is 0 Å². The highest BCUT2D eigenvalue weighted by Crippen LogP contribution is 2.25. The molecular formula is C16H19BrN2O. The molecule has 1 aliphatic heterocycles. The Balaban J connectivity index is 1.78. The number of hydrogen-bond donors (Lipinski definition) is 1. The number of hydrogen-bond acceptors (Lipinski definition) is 3. The van der Waals surface area contributed by atoms with Gasteiger partial charge in [-0.2, -0.15) is 0 Å². The molecule has 1 aliphatic rings. The van der Waals surface area contributed by atoms with Crippen LogP contribution in [0.15, 0.2) is 34.8 Å². The highest BCUT2D eigenvalue weighted by molar-refractivity contribution is 9.10. The Morgan fingerprint density at radius 1 is 1.35 bits per heavy atom. The lowest BCUT2D eigenvalue weighted by Gasteiger charge is -2.28. The molecule has 106 valence electrons.